The molecule has 0 aliphatic heterocycles. The zero-order chi connectivity index (χ0) is 18.8. The third kappa shape index (κ3) is 5.48. The fraction of sp³-hybridized carbons (Fsp3) is 0.250. The molecule has 2 aromatic carbocycles. The van der Waals surface area contributed by atoms with Gasteiger partial charge in [-0.2, -0.15) is 0 Å². The summed E-state index contributed by atoms with van der Waals surface area (Å²) >= 11 is 41.3. The van der Waals surface area contributed by atoms with Crippen molar-refractivity contribution in [2.45, 2.75) is 25.9 Å². The largest absolute Gasteiger partial charge is 0.166 e. The molecular formula is C16H10Br4Cl4S. The lowest BCUT2D eigenvalue weighted by Gasteiger charge is -2.27. The van der Waals surface area contributed by atoms with Crippen molar-refractivity contribution in [3.8, 4) is 0 Å². The van der Waals surface area contributed by atoms with Crippen molar-refractivity contribution in [2.24, 2.45) is 0 Å². The predicted molar refractivity (Wildman–Crippen MR) is 127 cm³/mol. The number of hydrogen-bond donors (Lipinski definition) is 0. The Morgan fingerprint density at radius 2 is 0.960 bits per heavy atom. The minimum absolute atomic E-state index is 0.317. The summed E-state index contributed by atoms with van der Waals surface area (Å²) in [6, 6.07) is 15.4. The summed E-state index contributed by atoms with van der Waals surface area (Å²) in [4.78, 5) is 1.82. The van der Waals surface area contributed by atoms with E-state index in [0.29, 0.717) is 0 Å². The van der Waals surface area contributed by atoms with Gasteiger partial charge in [0.05, 0.1) is 0 Å². The van der Waals surface area contributed by atoms with E-state index < -0.39 is 8.67 Å². The van der Waals surface area contributed by atoms with Gasteiger partial charge in [0.15, 0.2) is 8.67 Å². The molecule has 0 unspecified atom stereocenters. The van der Waals surface area contributed by atoms with Crippen molar-refractivity contribution in [3.05, 3.63) is 59.7 Å². The van der Waals surface area contributed by atoms with Crippen LogP contribution in [0.25, 0.3) is 0 Å². The highest BCUT2D eigenvalue weighted by atomic mass is 79.9. The van der Waals surface area contributed by atoms with E-state index in [1.807, 2.05) is 48.5 Å². The standard InChI is InChI=1S/C16H10Br4Cl4S/c17-13(18)15(21,22)9-5-1-3-7-11(9)25-12-8-4-2-6-10(12)16(23,24)14(19)20/h1-8,13-14H. The Balaban J connectivity index is 2.50. The maximum Gasteiger partial charge on any atom is 0.166 e. The van der Waals surface area contributed by atoms with E-state index in [9.17, 15) is 0 Å². The Morgan fingerprint density at radius 1 is 0.640 bits per heavy atom. The van der Waals surface area contributed by atoms with Crippen LogP contribution in [0, 0.1) is 0 Å². The maximum atomic E-state index is 6.54. The number of halogens is 8. The third-order valence-corrected chi connectivity index (χ3v) is 11.0. The monoisotopic (exact) mass is 690 g/mol. The van der Waals surface area contributed by atoms with E-state index in [1.54, 1.807) is 0 Å². The van der Waals surface area contributed by atoms with E-state index in [4.69, 9.17) is 46.4 Å². The molecular weight excluding hydrogens is 686 g/mol. The highest BCUT2D eigenvalue weighted by Crippen LogP contribution is 2.51. The predicted octanol–water partition coefficient (Wildman–Crippen LogP) is 9.33. The minimum atomic E-state index is -1.15. The highest BCUT2D eigenvalue weighted by Gasteiger charge is 2.38. The smallest absolute Gasteiger partial charge is 0.0940 e. The van der Waals surface area contributed by atoms with Crippen LogP contribution in [-0.4, -0.2) is 7.47 Å². The molecule has 0 fully saturated rings. The lowest BCUT2D eigenvalue weighted by Crippen LogP contribution is -2.20. The van der Waals surface area contributed by atoms with Crippen LogP contribution < -0.4 is 0 Å². The Kier molecular flexibility index (Phi) is 8.87. The Morgan fingerprint density at radius 3 is 1.28 bits per heavy atom. The third-order valence-electron chi connectivity index (χ3n) is 3.26. The molecule has 0 amide bonds. The Hall–Kier alpha value is 1.87. The van der Waals surface area contributed by atoms with E-state index in [-0.39, 0.29) is 7.47 Å². The molecule has 136 valence electrons. The van der Waals surface area contributed by atoms with Gasteiger partial charge in [0.1, 0.15) is 7.47 Å². The van der Waals surface area contributed by atoms with Crippen LogP contribution in [0.15, 0.2) is 58.3 Å². The van der Waals surface area contributed by atoms with Gasteiger partial charge in [-0.25, -0.2) is 0 Å². The van der Waals surface area contributed by atoms with Gasteiger partial charge < -0.3 is 0 Å². The van der Waals surface area contributed by atoms with Crippen LogP contribution in [0.1, 0.15) is 11.1 Å². The SMILES string of the molecule is ClC(Cl)(c1ccccc1Sc1ccccc1C(Cl)(Cl)C(Br)Br)C(Br)Br. The number of rotatable bonds is 6. The Bertz CT molecular complexity index is 676. The maximum absolute atomic E-state index is 6.54. The topological polar surface area (TPSA) is 0 Å². The van der Waals surface area contributed by atoms with Gasteiger partial charge in [-0.15, -0.1) is 0 Å². The molecule has 2 aromatic rings. The van der Waals surface area contributed by atoms with Crippen molar-refractivity contribution < 1.29 is 0 Å². The van der Waals surface area contributed by atoms with Crippen LogP contribution in [0.2, 0.25) is 0 Å². The average molecular weight is 696 g/mol. The van der Waals surface area contributed by atoms with Crippen molar-refractivity contribution in [1.29, 1.82) is 0 Å². The second-order valence-corrected chi connectivity index (χ2v) is 14.9. The second-order valence-electron chi connectivity index (χ2n) is 4.94. The van der Waals surface area contributed by atoms with E-state index in [2.05, 4.69) is 63.7 Å². The molecule has 0 nitrogen and oxygen atoms in total. The van der Waals surface area contributed by atoms with Crippen LogP contribution in [0.5, 0.6) is 0 Å². The molecule has 0 aromatic heterocycles. The first-order chi connectivity index (χ1) is 11.6. The fourth-order valence-electron chi connectivity index (χ4n) is 2.02. The molecule has 0 saturated heterocycles. The first-order valence-electron chi connectivity index (χ1n) is 6.77. The van der Waals surface area contributed by atoms with Crippen LogP contribution >= 0.6 is 122 Å². The van der Waals surface area contributed by atoms with E-state index >= 15 is 0 Å². The fourth-order valence-corrected chi connectivity index (χ4v) is 5.09. The van der Waals surface area contributed by atoms with Gasteiger partial charge >= 0.3 is 0 Å². The first kappa shape index (κ1) is 23.2. The van der Waals surface area contributed by atoms with Gasteiger partial charge in [-0.1, -0.05) is 158 Å². The number of benzene rings is 2. The van der Waals surface area contributed by atoms with Crippen LogP contribution in [0.3, 0.4) is 0 Å². The van der Waals surface area contributed by atoms with Gasteiger partial charge in [0.25, 0.3) is 0 Å². The average Bonchev–Trinajstić information content (AvgIpc) is 2.55. The molecule has 0 saturated carbocycles. The summed E-state index contributed by atoms with van der Waals surface area (Å²) in [7, 11) is 0. The lowest BCUT2D eigenvalue weighted by molar-refractivity contribution is 0.926. The zero-order valence-corrected chi connectivity index (χ0v) is 22.4. The van der Waals surface area contributed by atoms with Crippen molar-refractivity contribution in [2.75, 3.05) is 0 Å². The highest BCUT2D eigenvalue weighted by molar-refractivity contribution is 9.25. The van der Waals surface area contributed by atoms with Gasteiger partial charge in [-0.05, 0) is 12.1 Å². The summed E-state index contributed by atoms with van der Waals surface area (Å²) in [5, 5.41) is 0. The zero-order valence-electron chi connectivity index (χ0n) is 12.2. The van der Waals surface area contributed by atoms with Crippen molar-refractivity contribution in [3.63, 3.8) is 0 Å². The summed E-state index contributed by atoms with van der Waals surface area (Å²) in [5.74, 6) is 0. The molecule has 0 aliphatic rings. The quantitative estimate of drug-likeness (QED) is 0.272. The van der Waals surface area contributed by atoms with Crippen LogP contribution in [-0.2, 0) is 8.67 Å². The van der Waals surface area contributed by atoms with Crippen molar-refractivity contribution >= 4 is 122 Å². The molecule has 2 rings (SSSR count). The number of hydrogen-bond acceptors (Lipinski definition) is 1. The molecule has 0 radical (unpaired) electrons. The van der Waals surface area contributed by atoms with E-state index in [1.165, 1.54) is 11.8 Å². The second kappa shape index (κ2) is 9.58. The molecule has 0 spiro atoms. The summed E-state index contributed by atoms with van der Waals surface area (Å²) in [6.45, 7) is 0. The van der Waals surface area contributed by atoms with Gasteiger partial charge in [0, 0.05) is 20.9 Å². The normalized spacial score (nSPS) is 12.9. The molecule has 0 heterocycles. The summed E-state index contributed by atoms with van der Waals surface area (Å²) in [6.07, 6.45) is 0. The first-order valence-corrected chi connectivity index (χ1v) is 12.8. The summed E-state index contributed by atoms with van der Waals surface area (Å²) in [5.41, 5.74) is 1.56. The summed E-state index contributed by atoms with van der Waals surface area (Å²) < 4.78 is -2.93. The van der Waals surface area contributed by atoms with Crippen molar-refractivity contribution in [1.82, 2.24) is 0 Å². The molecule has 25 heavy (non-hydrogen) atoms. The minimum Gasteiger partial charge on any atom is -0.0940 e. The molecule has 9 heteroatoms. The number of alkyl halides is 8. The van der Waals surface area contributed by atoms with Gasteiger partial charge in [0.2, 0.25) is 0 Å². The van der Waals surface area contributed by atoms with E-state index in [0.717, 1.165) is 20.9 Å². The molecule has 0 atom stereocenters. The lowest BCUT2D eigenvalue weighted by atomic mass is 10.1. The Labute approximate surface area is 205 Å². The molecule has 0 aliphatic carbocycles. The molecule has 0 N–H and O–H groups in total. The molecule has 0 bridgehead atoms. The van der Waals surface area contributed by atoms with Crippen LogP contribution in [0.4, 0.5) is 0 Å². The van der Waals surface area contributed by atoms with Gasteiger partial charge in [-0.3, -0.25) is 0 Å².